The van der Waals surface area contributed by atoms with Crippen LogP contribution in [-0.2, 0) is 9.59 Å². The van der Waals surface area contributed by atoms with Crippen LogP contribution in [0.25, 0.3) is 0 Å². The number of nitrogens with zero attached hydrogens (tertiary/aromatic N) is 1. The lowest BCUT2D eigenvalue weighted by molar-refractivity contribution is -0.129. The Morgan fingerprint density at radius 1 is 1.21 bits per heavy atom. The molecule has 1 unspecified atom stereocenters. The van der Waals surface area contributed by atoms with E-state index in [4.69, 9.17) is 11.5 Å². The maximum absolute atomic E-state index is 12.8. The highest BCUT2D eigenvalue weighted by Gasteiger charge is 2.49. The summed E-state index contributed by atoms with van der Waals surface area (Å²) in [5, 5.41) is 4.55. The van der Waals surface area contributed by atoms with Crippen molar-refractivity contribution in [3.05, 3.63) is 47.3 Å². The van der Waals surface area contributed by atoms with E-state index in [9.17, 15) is 9.59 Å². The molecule has 3 rings (SSSR count). The molecule has 3 aliphatic rings. The van der Waals surface area contributed by atoms with Crippen molar-refractivity contribution >= 4 is 11.7 Å². The van der Waals surface area contributed by atoms with E-state index in [1.807, 2.05) is 24.3 Å². The van der Waals surface area contributed by atoms with E-state index in [1.165, 1.54) is 5.01 Å². The zero-order valence-corrected chi connectivity index (χ0v) is 13.5. The fourth-order valence-electron chi connectivity index (χ4n) is 3.41. The lowest BCUT2D eigenvalue weighted by Crippen LogP contribution is -2.51. The molecule has 0 saturated carbocycles. The normalized spacial score (nSPS) is 25.6. The van der Waals surface area contributed by atoms with Crippen molar-refractivity contribution in [2.75, 3.05) is 26.2 Å². The number of hydrogen-bond acceptors (Lipinski definition) is 6. The zero-order chi connectivity index (χ0) is 17.2. The minimum absolute atomic E-state index is 0.0120. The van der Waals surface area contributed by atoms with E-state index < -0.39 is 5.41 Å². The maximum atomic E-state index is 12.8. The summed E-state index contributed by atoms with van der Waals surface area (Å²) < 4.78 is 0. The lowest BCUT2D eigenvalue weighted by atomic mass is 9.62. The predicted octanol–water partition coefficient (Wildman–Crippen LogP) is -0.546. The average Bonchev–Trinajstić information content (AvgIpc) is 2.58. The highest BCUT2D eigenvalue weighted by molar-refractivity contribution is 6.04. The lowest BCUT2D eigenvalue weighted by Gasteiger charge is -2.45. The number of Topliss-reactive ketones (excluding diaryl/α,β-unsaturated/α-hetero) is 1. The highest BCUT2D eigenvalue weighted by Crippen LogP contribution is 2.51. The third-order valence-corrected chi connectivity index (χ3v) is 4.60. The molecule has 1 heterocycles. The topological polar surface area (TPSA) is 113 Å². The first-order valence-corrected chi connectivity index (χ1v) is 8.18. The van der Waals surface area contributed by atoms with Crippen molar-refractivity contribution < 1.29 is 9.59 Å². The SMILES string of the molecule is NCCNC1=CC2=CN(NCCN)C(=O)C3=CC=CCC23CC1=O. The summed E-state index contributed by atoms with van der Waals surface area (Å²) in [4.78, 5) is 25.3. The van der Waals surface area contributed by atoms with Gasteiger partial charge in [0.1, 0.15) is 0 Å². The van der Waals surface area contributed by atoms with E-state index in [0.717, 1.165) is 5.57 Å². The molecular weight excluding hydrogens is 306 g/mol. The molecule has 7 heteroatoms. The van der Waals surface area contributed by atoms with Gasteiger partial charge in [0.2, 0.25) is 0 Å². The van der Waals surface area contributed by atoms with Gasteiger partial charge in [0.05, 0.1) is 5.70 Å². The van der Waals surface area contributed by atoms with Gasteiger partial charge in [0.25, 0.3) is 5.91 Å². The second-order valence-electron chi connectivity index (χ2n) is 6.12. The summed E-state index contributed by atoms with van der Waals surface area (Å²) in [5.41, 5.74) is 15.6. The van der Waals surface area contributed by atoms with Crippen molar-refractivity contribution in [2.45, 2.75) is 12.8 Å². The summed E-state index contributed by atoms with van der Waals surface area (Å²) in [5.74, 6) is -0.117. The fraction of sp³-hybridized carbons (Fsp3) is 0.412. The van der Waals surface area contributed by atoms with Crippen molar-refractivity contribution in [1.82, 2.24) is 15.8 Å². The van der Waals surface area contributed by atoms with Crippen molar-refractivity contribution in [1.29, 1.82) is 0 Å². The Bertz CT molecular complexity index is 676. The molecule has 0 bridgehead atoms. The van der Waals surface area contributed by atoms with E-state index in [2.05, 4.69) is 10.7 Å². The van der Waals surface area contributed by atoms with Crippen LogP contribution >= 0.6 is 0 Å². The van der Waals surface area contributed by atoms with E-state index in [-0.39, 0.29) is 18.1 Å². The Morgan fingerprint density at radius 2 is 2.00 bits per heavy atom. The number of nitrogens with two attached hydrogens (primary N) is 2. The van der Waals surface area contributed by atoms with Crippen LogP contribution in [-0.4, -0.2) is 42.9 Å². The van der Waals surface area contributed by atoms with Crippen LogP contribution in [0.4, 0.5) is 0 Å². The number of allylic oxidation sites excluding steroid dienone is 6. The first kappa shape index (κ1) is 16.6. The molecule has 2 aliphatic carbocycles. The average molecular weight is 329 g/mol. The van der Waals surface area contributed by atoms with Crippen LogP contribution in [0, 0.1) is 5.41 Å². The molecule has 0 saturated heterocycles. The van der Waals surface area contributed by atoms with Gasteiger partial charge in [-0.2, -0.15) is 0 Å². The number of hydrazine groups is 1. The minimum Gasteiger partial charge on any atom is -0.381 e. The molecule has 0 aromatic carbocycles. The van der Waals surface area contributed by atoms with Crippen molar-refractivity contribution in [2.24, 2.45) is 16.9 Å². The Kier molecular flexibility index (Phi) is 4.66. The number of carbonyl (C=O) groups is 2. The molecule has 0 radical (unpaired) electrons. The van der Waals surface area contributed by atoms with Crippen LogP contribution < -0.4 is 22.2 Å². The summed E-state index contributed by atoms with van der Waals surface area (Å²) in [6, 6.07) is 0. The van der Waals surface area contributed by atoms with Crippen molar-refractivity contribution in [3.8, 4) is 0 Å². The quantitative estimate of drug-likeness (QED) is 0.520. The number of carbonyl (C=O) groups excluding carboxylic acids is 2. The Morgan fingerprint density at radius 3 is 2.75 bits per heavy atom. The van der Waals surface area contributed by atoms with Gasteiger partial charge in [0, 0.05) is 49.8 Å². The standard InChI is InChI=1S/C17H23N5O2/c18-5-7-20-14-9-12-11-22(21-8-6-19)16(24)13-3-1-2-4-17(12,13)10-15(14)23/h1-3,9,11,20-21H,4-8,10,18-19H2. The molecule has 24 heavy (non-hydrogen) atoms. The fourth-order valence-corrected chi connectivity index (χ4v) is 3.41. The Hall–Kier alpha value is -2.22. The van der Waals surface area contributed by atoms with Gasteiger partial charge in [0.15, 0.2) is 5.78 Å². The third kappa shape index (κ3) is 2.71. The van der Waals surface area contributed by atoms with Crippen molar-refractivity contribution in [3.63, 3.8) is 0 Å². The zero-order valence-electron chi connectivity index (χ0n) is 13.5. The minimum atomic E-state index is -0.558. The Balaban J connectivity index is 2.02. The molecule has 0 aromatic heterocycles. The second-order valence-corrected chi connectivity index (χ2v) is 6.12. The summed E-state index contributed by atoms with van der Waals surface area (Å²) >= 11 is 0. The summed E-state index contributed by atoms with van der Waals surface area (Å²) in [6.07, 6.45) is 10.3. The first-order valence-electron chi connectivity index (χ1n) is 8.18. The Labute approximate surface area is 141 Å². The first-order chi connectivity index (χ1) is 11.6. The molecule has 1 atom stereocenters. The number of hydrogen-bond donors (Lipinski definition) is 4. The van der Waals surface area contributed by atoms with Gasteiger partial charge in [-0.05, 0) is 18.1 Å². The molecule has 0 fully saturated rings. The molecule has 1 spiro atoms. The monoisotopic (exact) mass is 329 g/mol. The molecule has 7 nitrogen and oxygen atoms in total. The van der Waals surface area contributed by atoms with E-state index in [0.29, 0.717) is 43.9 Å². The van der Waals surface area contributed by atoms with Crippen LogP contribution in [0.1, 0.15) is 12.8 Å². The number of amides is 1. The maximum Gasteiger partial charge on any atom is 0.268 e. The second kappa shape index (κ2) is 6.72. The summed E-state index contributed by atoms with van der Waals surface area (Å²) in [7, 11) is 0. The van der Waals surface area contributed by atoms with Crippen LogP contribution in [0.5, 0.6) is 0 Å². The number of rotatable bonds is 6. The van der Waals surface area contributed by atoms with E-state index in [1.54, 1.807) is 6.20 Å². The molecular formula is C17H23N5O2. The third-order valence-electron chi connectivity index (χ3n) is 4.60. The molecule has 6 N–H and O–H groups in total. The molecule has 128 valence electrons. The van der Waals surface area contributed by atoms with Crippen LogP contribution in [0.15, 0.2) is 47.3 Å². The van der Waals surface area contributed by atoms with Gasteiger partial charge in [-0.25, -0.2) is 10.4 Å². The van der Waals surface area contributed by atoms with Gasteiger partial charge >= 0.3 is 0 Å². The summed E-state index contributed by atoms with van der Waals surface area (Å²) in [6.45, 7) is 1.90. The number of nitrogens with one attached hydrogen (secondary N) is 2. The smallest absolute Gasteiger partial charge is 0.268 e. The largest absolute Gasteiger partial charge is 0.381 e. The predicted molar refractivity (Wildman–Crippen MR) is 91.0 cm³/mol. The van der Waals surface area contributed by atoms with Crippen LogP contribution in [0.3, 0.4) is 0 Å². The number of ketones is 1. The van der Waals surface area contributed by atoms with Gasteiger partial charge < -0.3 is 16.8 Å². The van der Waals surface area contributed by atoms with Gasteiger partial charge in [-0.1, -0.05) is 18.2 Å². The molecule has 1 aliphatic heterocycles. The van der Waals surface area contributed by atoms with Gasteiger partial charge in [-0.15, -0.1) is 0 Å². The van der Waals surface area contributed by atoms with Gasteiger partial charge in [-0.3, -0.25) is 9.59 Å². The molecule has 1 amide bonds. The van der Waals surface area contributed by atoms with Crippen LogP contribution in [0.2, 0.25) is 0 Å². The highest BCUT2D eigenvalue weighted by atomic mass is 16.2. The molecule has 0 aromatic rings. The van der Waals surface area contributed by atoms with E-state index >= 15 is 0 Å².